The highest BCUT2D eigenvalue weighted by Gasteiger charge is 2.35. The van der Waals surface area contributed by atoms with Gasteiger partial charge in [0.05, 0.1) is 11.6 Å². The van der Waals surface area contributed by atoms with Gasteiger partial charge in [0.2, 0.25) is 11.8 Å². The first-order valence-corrected chi connectivity index (χ1v) is 9.76. The van der Waals surface area contributed by atoms with E-state index >= 15 is 0 Å². The predicted octanol–water partition coefficient (Wildman–Crippen LogP) is 2.91. The van der Waals surface area contributed by atoms with Gasteiger partial charge in [0, 0.05) is 31.5 Å². The molecule has 25 heavy (non-hydrogen) atoms. The zero-order chi connectivity index (χ0) is 17.8. The molecule has 136 valence electrons. The molecule has 1 aliphatic heterocycles. The summed E-state index contributed by atoms with van der Waals surface area (Å²) in [4.78, 5) is 26.2. The number of amides is 2. The van der Waals surface area contributed by atoms with Crippen LogP contribution in [0.25, 0.3) is 0 Å². The quantitative estimate of drug-likeness (QED) is 0.786. The number of methoxy groups -OCH3 is 1. The van der Waals surface area contributed by atoms with E-state index in [0.717, 1.165) is 54.6 Å². The average Bonchev–Trinajstić information content (AvgIpc) is 3.45. The number of nitrogens with zero attached hydrogens (tertiary/aromatic N) is 1. The molecule has 0 unspecified atom stereocenters. The lowest BCUT2D eigenvalue weighted by Gasteiger charge is -2.32. The number of hydrogen-bond acceptors (Lipinski definition) is 3. The van der Waals surface area contributed by atoms with E-state index < -0.39 is 0 Å². The summed E-state index contributed by atoms with van der Waals surface area (Å²) in [6, 6.07) is 6.08. The Morgan fingerprint density at radius 2 is 1.96 bits per heavy atom. The predicted molar refractivity (Wildman–Crippen MR) is 99.5 cm³/mol. The van der Waals surface area contributed by atoms with E-state index in [2.05, 4.69) is 21.2 Å². The lowest BCUT2D eigenvalue weighted by Crippen LogP contribution is -2.47. The third kappa shape index (κ3) is 4.97. The van der Waals surface area contributed by atoms with Gasteiger partial charge in [-0.15, -0.1) is 0 Å². The molecular formula is C19H25BrN2O3. The van der Waals surface area contributed by atoms with Gasteiger partial charge in [0.15, 0.2) is 0 Å². The Balaban J connectivity index is 1.39. The van der Waals surface area contributed by atoms with E-state index in [1.54, 1.807) is 7.11 Å². The fourth-order valence-electron chi connectivity index (χ4n) is 3.26. The van der Waals surface area contributed by atoms with Crippen LogP contribution < -0.4 is 10.1 Å². The summed E-state index contributed by atoms with van der Waals surface area (Å²) in [6.07, 6.45) is 5.00. The summed E-state index contributed by atoms with van der Waals surface area (Å²) in [5.41, 5.74) is 1.10. The van der Waals surface area contributed by atoms with Crippen molar-refractivity contribution in [3.8, 4) is 5.75 Å². The van der Waals surface area contributed by atoms with Crippen molar-refractivity contribution in [1.82, 2.24) is 10.2 Å². The number of carbonyl (C=O) groups excluding carboxylic acids is 2. The van der Waals surface area contributed by atoms with Gasteiger partial charge in [-0.05, 0) is 65.7 Å². The molecular weight excluding hydrogens is 384 g/mol. The molecule has 1 saturated carbocycles. The first kappa shape index (κ1) is 18.2. The summed E-state index contributed by atoms with van der Waals surface area (Å²) in [7, 11) is 1.64. The maximum atomic E-state index is 12.2. The van der Waals surface area contributed by atoms with Crippen molar-refractivity contribution in [2.75, 3.05) is 20.2 Å². The van der Waals surface area contributed by atoms with Gasteiger partial charge in [-0.3, -0.25) is 9.59 Å². The SMILES string of the molecule is COc1ccc(CCC(=O)NC2CCN(C(=O)C3CC3)CC2)cc1Br. The minimum Gasteiger partial charge on any atom is -0.496 e. The third-order valence-corrected chi connectivity index (χ3v) is 5.57. The normalized spacial score (nSPS) is 18.1. The van der Waals surface area contributed by atoms with Crippen LogP contribution in [0.2, 0.25) is 0 Å². The maximum absolute atomic E-state index is 12.2. The molecule has 1 N–H and O–H groups in total. The molecule has 3 rings (SSSR count). The van der Waals surface area contributed by atoms with Crippen LogP contribution >= 0.6 is 15.9 Å². The lowest BCUT2D eigenvalue weighted by molar-refractivity contribution is -0.133. The molecule has 2 aliphatic rings. The first-order valence-electron chi connectivity index (χ1n) is 8.97. The highest BCUT2D eigenvalue weighted by Crippen LogP contribution is 2.32. The number of rotatable bonds is 6. The van der Waals surface area contributed by atoms with Crippen molar-refractivity contribution in [2.45, 2.75) is 44.6 Å². The molecule has 6 heteroatoms. The van der Waals surface area contributed by atoms with Crippen molar-refractivity contribution in [3.05, 3.63) is 28.2 Å². The molecule has 0 atom stereocenters. The second-order valence-electron chi connectivity index (χ2n) is 6.91. The number of nitrogens with one attached hydrogen (secondary N) is 1. The fraction of sp³-hybridized carbons (Fsp3) is 0.579. The van der Waals surface area contributed by atoms with Gasteiger partial charge in [-0.25, -0.2) is 0 Å². The molecule has 0 radical (unpaired) electrons. The fourth-order valence-corrected chi connectivity index (χ4v) is 3.84. The van der Waals surface area contributed by atoms with E-state index in [1.165, 1.54) is 0 Å². The largest absolute Gasteiger partial charge is 0.496 e. The Morgan fingerprint density at radius 3 is 2.56 bits per heavy atom. The van der Waals surface area contributed by atoms with Gasteiger partial charge in [-0.2, -0.15) is 0 Å². The van der Waals surface area contributed by atoms with Crippen molar-refractivity contribution in [3.63, 3.8) is 0 Å². The van der Waals surface area contributed by atoms with Gasteiger partial charge >= 0.3 is 0 Å². The van der Waals surface area contributed by atoms with Crippen molar-refractivity contribution in [1.29, 1.82) is 0 Å². The van der Waals surface area contributed by atoms with Crippen LogP contribution in [0.5, 0.6) is 5.75 Å². The molecule has 5 nitrogen and oxygen atoms in total. The van der Waals surface area contributed by atoms with E-state index in [-0.39, 0.29) is 17.9 Å². The van der Waals surface area contributed by atoms with Crippen molar-refractivity contribution in [2.24, 2.45) is 5.92 Å². The Hall–Kier alpha value is -1.56. The minimum atomic E-state index is 0.0823. The Kier molecular flexibility index (Phi) is 5.99. The standard InChI is InChI=1S/C19H25BrN2O3/c1-25-17-6-2-13(12-16(17)20)3-7-18(23)21-15-8-10-22(11-9-15)19(24)14-4-5-14/h2,6,12,14-15H,3-5,7-11H2,1H3,(H,21,23). The minimum absolute atomic E-state index is 0.0823. The topological polar surface area (TPSA) is 58.6 Å². The monoisotopic (exact) mass is 408 g/mol. The molecule has 2 fully saturated rings. The molecule has 1 aliphatic carbocycles. The van der Waals surface area contributed by atoms with Crippen LogP contribution in [0.4, 0.5) is 0 Å². The van der Waals surface area contributed by atoms with E-state index in [4.69, 9.17) is 4.74 Å². The van der Waals surface area contributed by atoms with Gasteiger partial charge in [-0.1, -0.05) is 6.07 Å². The molecule has 1 aromatic carbocycles. The van der Waals surface area contributed by atoms with Crippen LogP contribution in [0.1, 0.15) is 37.7 Å². The van der Waals surface area contributed by atoms with Crippen molar-refractivity contribution < 1.29 is 14.3 Å². The van der Waals surface area contributed by atoms with Crippen molar-refractivity contribution >= 4 is 27.7 Å². The summed E-state index contributed by atoms with van der Waals surface area (Å²) < 4.78 is 6.12. The first-order chi connectivity index (χ1) is 12.1. The number of likely N-dealkylation sites (tertiary alicyclic amines) is 1. The van der Waals surface area contributed by atoms with Gasteiger partial charge < -0.3 is 15.0 Å². The Bertz CT molecular complexity index is 638. The molecule has 0 bridgehead atoms. The average molecular weight is 409 g/mol. The zero-order valence-corrected chi connectivity index (χ0v) is 16.2. The second kappa shape index (κ2) is 8.21. The lowest BCUT2D eigenvalue weighted by atomic mass is 10.0. The smallest absolute Gasteiger partial charge is 0.225 e. The second-order valence-corrected chi connectivity index (χ2v) is 7.76. The number of aryl methyl sites for hydroxylation is 1. The summed E-state index contributed by atoms with van der Waals surface area (Å²) in [5.74, 6) is 1.48. The number of ether oxygens (including phenoxy) is 1. The number of piperidine rings is 1. The highest BCUT2D eigenvalue weighted by atomic mass is 79.9. The van der Waals surface area contributed by atoms with Crippen LogP contribution in [0.15, 0.2) is 22.7 Å². The molecule has 2 amide bonds. The third-order valence-electron chi connectivity index (χ3n) is 4.96. The number of halogens is 1. The van der Waals surface area contributed by atoms with Crippen LogP contribution in [-0.2, 0) is 16.0 Å². The van der Waals surface area contributed by atoms with E-state index in [0.29, 0.717) is 18.7 Å². The van der Waals surface area contributed by atoms with Crippen LogP contribution in [0, 0.1) is 5.92 Å². The molecule has 1 saturated heterocycles. The van der Waals surface area contributed by atoms with E-state index in [9.17, 15) is 9.59 Å². The highest BCUT2D eigenvalue weighted by molar-refractivity contribution is 9.10. The summed E-state index contributed by atoms with van der Waals surface area (Å²) in [5, 5.41) is 3.12. The van der Waals surface area contributed by atoms with Gasteiger partial charge in [0.1, 0.15) is 5.75 Å². The number of hydrogen-bond donors (Lipinski definition) is 1. The molecule has 0 aromatic heterocycles. The van der Waals surface area contributed by atoms with Crippen LogP contribution in [-0.4, -0.2) is 43.0 Å². The zero-order valence-electron chi connectivity index (χ0n) is 14.6. The molecule has 1 aromatic rings. The number of carbonyl (C=O) groups is 2. The van der Waals surface area contributed by atoms with Crippen LogP contribution in [0.3, 0.4) is 0 Å². The Labute approximate surface area is 157 Å². The Morgan fingerprint density at radius 1 is 1.24 bits per heavy atom. The maximum Gasteiger partial charge on any atom is 0.225 e. The summed E-state index contributed by atoms with van der Waals surface area (Å²) >= 11 is 3.47. The molecule has 0 spiro atoms. The number of benzene rings is 1. The van der Waals surface area contributed by atoms with Gasteiger partial charge in [0.25, 0.3) is 0 Å². The summed E-state index contributed by atoms with van der Waals surface area (Å²) in [6.45, 7) is 1.54. The van der Waals surface area contributed by atoms with E-state index in [1.807, 2.05) is 23.1 Å². The molecule has 1 heterocycles.